The van der Waals surface area contributed by atoms with Crippen LogP contribution in [0.2, 0.25) is 0 Å². The van der Waals surface area contributed by atoms with E-state index in [0.29, 0.717) is 5.82 Å². The van der Waals surface area contributed by atoms with Gasteiger partial charge in [0.05, 0.1) is 22.7 Å². The SMILES string of the molecule is CCc1nc(-c2sc(-c3ncccn3)nc2CC)n([C@@H]2CCCC[C@H]2O)n1. The maximum atomic E-state index is 10.6. The van der Waals surface area contributed by atoms with Crippen molar-refractivity contribution >= 4 is 11.3 Å². The summed E-state index contributed by atoms with van der Waals surface area (Å²) in [5.74, 6) is 2.24. The summed E-state index contributed by atoms with van der Waals surface area (Å²) < 4.78 is 1.95. The zero-order valence-corrected chi connectivity index (χ0v) is 16.5. The van der Waals surface area contributed by atoms with Crippen LogP contribution in [0.1, 0.15) is 57.1 Å². The van der Waals surface area contributed by atoms with Crippen LogP contribution in [0.4, 0.5) is 0 Å². The van der Waals surface area contributed by atoms with Crippen LogP contribution in [0.15, 0.2) is 18.5 Å². The van der Waals surface area contributed by atoms with Crippen LogP contribution in [-0.4, -0.2) is 40.9 Å². The molecule has 1 aliphatic rings. The Morgan fingerprint density at radius 1 is 1.11 bits per heavy atom. The summed E-state index contributed by atoms with van der Waals surface area (Å²) in [4.78, 5) is 19.2. The first-order valence-electron chi connectivity index (χ1n) is 9.62. The molecule has 0 amide bonds. The Morgan fingerprint density at radius 2 is 1.89 bits per heavy atom. The summed E-state index contributed by atoms with van der Waals surface area (Å²) in [5, 5.41) is 16.1. The van der Waals surface area contributed by atoms with Crippen LogP contribution in [0.25, 0.3) is 21.5 Å². The quantitative estimate of drug-likeness (QED) is 0.724. The van der Waals surface area contributed by atoms with Crippen LogP contribution in [-0.2, 0) is 12.8 Å². The van der Waals surface area contributed by atoms with Crippen molar-refractivity contribution in [3.8, 4) is 21.5 Å². The third kappa shape index (κ3) is 3.51. The maximum absolute atomic E-state index is 10.6. The molecule has 0 bridgehead atoms. The highest BCUT2D eigenvalue weighted by molar-refractivity contribution is 7.18. The largest absolute Gasteiger partial charge is 0.391 e. The van der Waals surface area contributed by atoms with E-state index in [1.807, 2.05) is 4.68 Å². The van der Waals surface area contributed by atoms with Crippen LogP contribution >= 0.6 is 11.3 Å². The first-order chi connectivity index (χ1) is 13.2. The Hall–Kier alpha value is -2.19. The lowest BCUT2D eigenvalue weighted by Crippen LogP contribution is -2.29. The van der Waals surface area contributed by atoms with Gasteiger partial charge in [0.25, 0.3) is 0 Å². The van der Waals surface area contributed by atoms with Gasteiger partial charge in [-0.15, -0.1) is 11.3 Å². The van der Waals surface area contributed by atoms with Crippen molar-refractivity contribution in [3.05, 3.63) is 30.0 Å². The maximum Gasteiger partial charge on any atom is 0.188 e. The zero-order valence-electron chi connectivity index (χ0n) is 15.7. The fraction of sp³-hybridized carbons (Fsp3) is 0.526. The van der Waals surface area contributed by atoms with Gasteiger partial charge in [-0.3, -0.25) is 0 Å². The summed E-state index contributed by atoms with van der Waals surface area (Å²) in [6.07, 6.45) is 8.55. The predicted molar refractivity (Wildman–Crippen MR) is 104 cm³/mol. The molecule has 0 aliphatic heterocycles. The van der Waals surface area contributed by atoms with Crippen molar-refractivity contribution in [2.75, 3.05) is 0 Å². The average molecular weight is 385 g/mol. The summed E-state index contributed by atoms with van der Waals surface area (Å²) >= 11 is 1.55. The number of aryl methyl sites for hydroxylation is 2. The molecule has 7 nitrogen and oxygen atoms in total. The van der Waals surface area contributed by atoms with Gasteiger partial charge in [0.15, 0.2) is 22.5 Å². The van der Waals surface area contributed by atoms with Crippen LogP contribution < -0.4 is 0 Å². The molecular weight excluding hydrogens is 360 g/mol. The molecule has 1 saturated carbocycles. The van der Waals surface area contributed by atoms with Crippen LogP contribution in [0.3, 0.4) is 0 Å². The molecule has 3 heterocycles. The van der Waals surface area contributed by atoms with Gasteiger partial charge in [0, 0.05) is 18.8 Å². The number of nitrogens with zero attached hydrogens (tertiary/aromatic N) is 6. The summed E-state index contributed by atoms with van der Waals surface area (Å²) in [5.41, 5.74) is 0.976. The van der Waals surface area contributed by atoms with E-state index in [1.54, 1.807) is 29.8 Å². The Balaban J connectivity index is 1.81. The number of aliphatic hydroxyl groups is 1. The summed E-state index contributed by atoms with van der Waals surface area (Å²) in [6.45, 7) is 4.14. The van der Waals surface area contributed by atoms with Gasteiger partial charge in [0.2, 0.25) is 0 Å². The molecule has 1 aliphatic carbocycles. The van der Waals surface area contributed by atoms with Gasteiger partial charge in [-0.1, -0.05) is 26.7 Å². The molecule has 1 N–H and O–H groups in total. The second-order valence-electron chi connectivity index (χ2n) is 6.79. The fourth-order valence-electron chi connectivity index (χ4n) is 3.55. The molecule has 2 atom stereocenters. The first-order valence-corrected chi connectivity index (χ1v) is 10.4. The van der Waals surface area contributed by atoms with E-state index in [1.165, 1.54) is 0 Å². The Labute approximate surface area is 162 Å². The van der Waals surface area contributed by atoms with E-state index in [9.17, 15) is 5.11 Å². The molecule has 0 saturated heterocycles. The number of thiazole rings is 1. The predicted octanol–water partition coefficient (Wildman–Crippen LogP) is 3.46. The second-order valence-corrected chi connectivity index (χ2v) is 7.79. The van der Waals surface area contributed by atoms with E-state index in [-0.39, 0.29) is 12.1 Å². The minimum absolute atomic E-state index is 0.0234. The lowest BCUT2D eigenvalue weighted by Gasteiger charge is -2.28. The van der Waals surface area contributed by atoms with Gasteiger partial charge in [-0.05, 0) is 25.3 Å². The van der Waals surface area contributed by atoms with E-state index in [4.69, 9.17) is 15.1 Å². The first kappa shape index (κ1) is 18.2. The molecule has 4 rings (SSSR count). The molecule has 0 spiro atoms. The topological polar surface area (TPSA) is 89.6 Å². The van der Waals surface area contributed by atoms with Gasteiger partial charge in [0.1, 0.15) is 0 Å². The highest BCUT2D eigenvalue weighted by Gasteiger charge is 2.30. The van der Waals surface area contributed by atoms with Gasteiger partial charge in [-0.2, -0.15) is 5.10 Å². The molecule has 0 radical (unpaired) electrons. The Bertz CT molecular complexity index is 906. The van der Waals surface area contributed by atoms with Crippen molar-refractivity contribution in [2.24, 2.45) is 0 Å². The molecule has 3 aromatic rings. The number of hydrogen-bond donors (Lipinski definition) is 1. The van der Waals surface area contributed by atoms with Crippen molar-refractivity contribution in [1.82, 2.24) is 29.7 Å². The van der Waals surface area contributed by atoms with Gasteiger partial charge < -0.3 is 5.11 Å². The van der Waals surface area contributed by atoms with E-state index >= 15 is 0 Å². The molecule has 142 valence electrons. The third-order valence-corrected chi connectivity index (χ3v) is 6.08. The molecular formula is C19H24N6OS. The molecule has 0 unspecified atom stereocenters. The third-order valence-electron chi connectivity index (χ3n) is 4.99. The van der Waals surface area contributed by atoms with Crippen LogP contribution in [0, 0.1) is 0 Å². The Morgan fingerprint density at radius 3 is 2.59 bits per heavy atom. The van der Waals surface area contributed by atoms with Crippen molar-refractivity contribution in [2.45, 2.75) is 64.5 Å². The van der Waals surface area contributed by atoms with Crippen molar-refractivity contribution in [1.29, 1.82) is 0 Å². The molecule has 0 aromatic carbocycles. The van der Waals surface area contributed by atoms with Crippen molar-refractivity contribution in [3.63, 3.8) is 0 Å². The highest BCUT2D eigenvalue weighted by atomic mass is 32.1. The monoisotopic (exact) mass is 384 g/mol. The lowest BCUT2D eigenvalue weighted by molar-refractivity contribution is 0.0700. The number of aliphatic hydroxyl groups excluding tert-OH is 1. The highest BCUT2D eigenvalue weighted by Crippen LogP contribution is 2.37. The number of aromatic nitrogens is 6. The average Bonchev–Trinajstić information content (AvgIpc) is 3.33. The fourth-order valence-corrected chi connectivity index (χ4v) is 4.64. The lowest BCUT2D eigenvalue weighted by atomic mass is 9.92. The van der Waals surface area contributed by atoms with Crippen molar-refractivity contribution < 1.29 is 5.11 Å². The van der Waals surface area contributed by atoms with E-state index in [0.717, 1.165) is 65.8 Å². The molecule has 8 heteroatoms. The normalized spacial score (nSPS) is 20.1. The van der Waals surface area contributed by atoms with E-state index in [2.05, 4.69) is 23.8 Å². The number of rotatable bonds is 5. The smallest absolute Gasteiger partial charge is 0.188 e. The minimum Gasteiger partial charge on any atom is -0.391 e. The van der Waals surface area contributed by atoms with E-state index < -0.39 is 0 Å². The molecule has 3 aromatic heterocycles. The molecule has 1 fully saturated rings. The molecule has 27 heavy (non-hydrogen) atoms. The van der Waals surface area contributed by atoms with Gasteiger partial charge >= 0.3 is 0 Å². The summed E-state index contributed by atoms with van der Waals surface area (Å²) in [6, 6.07) is 1.78. The van der Waals surface area contributed by atoms with Gasteiger partial charge in [-0.25, -0.2) is 24.6 Å². The Kier molecular flexibility index (Phi) is 5.27. The minimum atomic E-state index is -0.376. The zero-order chi connectivity index (χ0) is 18.8. The number of hydrogen-bond acceptors (Lipinski definition) is 7. The second kappa shape index (κ2) is 7.82. The summed E-state index contributed by atoms with van der Waals surface area (Å²) in [7, 11) is 0. The van der Waals surface area contributed by atoms with Crippen LogP contribution in [0.5, 0.6) is 0 Å². The standard InChI is InChI=1S/C19H24N6OS/c1-3-12-16(27-19(22-12)17-20-10-7-11-21-17)18-23-15(4-2)24-25(18)13-8-5-6-9-14(13)26/h7,10-11,13-14,26H,3-6,8-9H2,1-2H3/t13-,14-/m1/s1.